The maximum Gasteiger partial charge on any atom is 0.0811 e. The summed E-state index contributed by atoms with van der Waals surface area (Å²) in [6.07, 6.45) is 3.59. The van der Waals surface area contributed by atoms with Crippen molar-refractivity contribution < 1.29 is 0 Å². The van der Waals surface area contributed by atoms with Gasteiger partial charge in [0.1, 0.15) is 0 Å². The van der Waals surface area contributed by atoms with Crippen molar-refractivity contribution in [2.45, 2.75) is 6.54 Å². The Bertz CT molecular complexity index is 421. The van der Waals surface area contributed by atoms with Crippen molar-refractivity contribution in [1.29, 1.82) is 0 Å². The molecule has 0 amide bonds. The predicted octanol–water partition coefficient (Wildman–Crippen LogP) is 2.50. The van der Waals surface area contributed by atoms with E-state index in [9.17, 15) is 0 Å². The summed E-state index contributed by atoms with van der Waals surface area (Å²) >= 11 is 0. The Kier molecular flexibility index (Phi) is 3.23. The number of rotatable bonds is 3. The van der Waals surface area contributed by atoms with Crippen LogP contribution in [-0.2, 0) is 6.54 Å². The zero-order valence-corrected chi connectivity index (χ0v) is 8.30. The van der Waals surface area contributed by atoms with Gasteiger partial charge >= 0.3 is 0 Å². The summed E-state index contributed by atoms with van der Waals surface area (Å²) in [6.45, 7) is 0.615. The number of hydrogen-bond acceptors (Lipinski definition) is 2. The fraction of sp³-hybridized carbons (Fsp3) is 0.0769. The van der Waals surface area contributed by atoms with Gasteiger partial charge in [0.05, 0.1) is 12.2 Å². The van der Waals surface area contributed by atoms with Crippen LogP contribution in [0.25, 0.3) is 0 Å². The van der Waals surface area contributed by atoms with Crippen LogP contribution < -0.4 is 0 Å². The minimum atomic E-state index is 0.615. The third-order valence-corrected chi connectivity index (χ3v) is 1.94. The van der Waals surface area contributed by atoms with Gasteiger partial charge in [-0.3, -0.25) is 9.98 Å². The Balaban J connectivity index is 1.97. The van der Waals surface area contributed by atoms with Gasteiger partial charge in [0.2, 0.25) is 0 Å². The third-order valence-electron chi connectivity index (χ3n) is 1.94. The summed E-state index contributed by atoms with van der Waals surface area (Å²) < 4.78 is 0. The maximum atomic E-state index is 4.29. The van der Waals surface area contributed by atoms with Crippen LogP contribution in [0.4, 0.5) is 0 Å². The minimum Gasteiger partial charge on any atom is -0.286 e. The molecule has 73 valence electrons. The van der Waals surface area contributed by atoms with E-state index in [1.54, 1.807) is 6.20 Å². The quantitative estimate of drug-likeness (QED) is 0.691. The average molecular weight is 195 g/mol. The predicted molar refractivity (Wildman–Crippen MR) is 60.8 cm³/mol. The Morgan fingerprint density at radius 3 is 2.87 bits per heavy atom. The fourth-order valence-corrected chi connectivity index (χ4v) is 1.22. The summed E-state index contributed by atoms with van der Waals surface area (Å²) in [7, 11) is 0. The molecule has 2 heteroatoms. The number of aromatic nitrogens is 1. The van der Waals surface area contributed by atoms with E-state index in [2.05, 4.69) is 16.0 Å². The van der Waals surface area contributed by atoms with E-state index in [0.29, 0.717) is 6.54 Å². The Hall–Kier alpha value is -1.96. The maximum absolute atomic E-state index is 4.29. The Morgan fingerprint density at radius 1 is 1.20 bits per heavy atom. The van der Waals surface area contributed by atoms with E-state index < -0.39 is 0 Å². The van der Waals surface area contributed by atoms with E-state index in [1.807, 2.05) is 48.7 Å². The molecule has 0 spiro atoms. The second-order valence-electron chi connectivity index (χ2n) is 3.11. The number of pyridine rings is 1. The average Bonchev–Trinajstić information content (AvgIpc) is 2.32. The lowest BCUT2D eigenvalue weighted by atomic mass is 10.2. The molecule has 0 bridgehead atoms. The van der Waals surface area contributed by atoms with Crippen molar-refractivity contribution in [2.24, 2.45) is 4.99 Å². The van der Waals surface area contributed by atoms with Crippen molar-refractivity contribution in [3.8, 4) is 0 Å². The van der Waals surface area contributed by atoms with Crippen molar-refractivity contribution in [2.75, 3.05) is 0 Å². The summed E-state index contributed by atoms with van der Waals surface area (Å²) in [4.78, 5) is 8.48. The van der Waals surface area contributed by atoms with Crippen molar-refractivity contribution in [1.82, 2.24) is 4.98 Å². The molecule has 2 aromatic rings. The Morgan fingerprint density at radius 2 is 2.13 bits per heavy atom. The smallest absolute Gasteiger partial charge is 0.0811 e. The number of aliphatic imine (C=N–C) groups is 1. The van der Waals surface area contributed by atoms with Crippen molar-refractivity contribution in [3.05, 3.63) is 66.0 Å². The summed E-state index contributed by atoms with van der Waals surface area (Å²) in [5, 5.41) is 0. The van der Waals surface area contributed by atoms with Gasteiger partial charge < -0.3 is 0 Å². The highest BCUT2D eigenvalue weighted by Crippen LogP contribution is 1.97. The summed E-state index contributed by atoms with van der Waals surface area (Å²) in [5.74, 6) is 0. The molecule has 0 N–H and O–H groups in total. The topological polar surface area (TPSA) is 25.2 Å². The molecule has 0 fully saturated rings. The highest BCUT2D eigenvalue weighted by molar-refractivity contribution is 5.78. The lowest BCUT2D eigenvalue weighted by Crippen LogP contribution is -1.87. The summed E-state index contributed by atoms with van der Waals surface area (Å²) in [5.41, 5.74) is 1.97. The molecule has 0 saturated carbocycles. The molecule has 1 aromatic heterocycles. The highest BCUT2D eigenvalue weighted by Gasteiger charge is 1.88. The molecule has 0 aliphatic heterocycles. The molecule has 0 aliphatic carbocycles. The van der Waals surface area contributed by atoms with E-state index in [1.165, 1.54) is 0 Å². The van der Waals surface area contributed by atoms with Gasteiger partial charge in [0, 0.05) is 18.0 Å². The monoisotopic (exact) mass is 195 g/mol. The Labute approximate surface area is 89.3 Å². The molecule has 2 nitrogen and oxygen atoms in total. The molecule has 0 atom stereocenters. The van der Waals surface area contributed by atoms with Gasteiger partial charge in [-0.05, 0) is 18.2 Å². The molecular formula is C13H11N2. The number of nitrogens with zero attached hydrogens (tertiary/aromatic N) is 2. The van der Waals surface area contributed by atoms with Crippen LogP contribution in [0.3, 0.4) is 0 Å². The van der Waals surface area contributed by atoms with Gasteiger partial charge in [0.15, 0.2) is 0 Å². The van der Waals surface area contributed by atoms with E-state index in [0.717, 1.165) is 11.3 Å². The van der Waals surface area contributed by atoms with E-state index in [-0.39, 0.29) is 0 Å². The van der Waals surface area contributed by atoms with Crippen LogP contribution >= 0.6 is 0 Å². The first-order valence-electron chi connectivity index (χ1n) is 4.81. The van der Waals surface area contributed by atoms with Gasteiger partial charge in [-0.1, -0.05) is 30.3 Å². The van der Waals surface area contributed by atoms with Crippen LogP contribution in [0.2, 0.25) is 0 Å². The molecule has 0 saturated heterocycles. The molecule has 0 unspecified atom stereocenters. The van der Waals surface area contributed by atoms with Crippen molar-refractivity contribution in [3.63, 3.8) is 0 Å². The second kappa shape index (κ2) is 5.05. The molecular weight excluding hydrogens is 184 g/mol. The fourth-order valence-electron chi connectivity index (χ4n) is 1.22. The molecule has 1 heterocycles. The van der Waals surface area contributed by atoms with Crippen LogP contribution in [-0.4, -0.2) is 11.2 Å². The SMILES string of the molecule is [c]1ccccc1C=NCc1ccccn1. The largest absolute Gasteiger partial charge is 0.286 e. The molecule has 15 heavy (non-hydrogen) atoms. The first kappa shape index (κ1) is 9.59. The molecule has 1 radical (unpaired) electrons. The standard InChI is InChI=1S/C13H11N2/c1-2-6-12(7-3-1)10-14-11-13-8-4-5-9-15-13/h1-6,8-10H,11H2. The minimum absolute atomic E-state index is 0.615. The van der Waals surface area contributed by atoms with Crippen LogP contribution in [0, 0.1) is 6.07 Å². The highest BCUT2D eigenvalue weighted by atomic mass is 14.8. The molecule has 0 aliphatic rings. The summed E-state index contributed by atoms with van der Waals surface area (Å²) in [6, 6.07) is 16.7. The number of benzene rings is 1. The van der Waals surface area contributed by atoms with Crippen molar-refractivity contribution >= 4 is 6.21 Å². The van der Waals surface area contributed by atoms with Crippen LogP contribution in [0.5, 0.6) is 0 Å². The zero-order valence-electron chi connectivity index (χ0n) is 8.30. The van der Waals surface area contributed by atoms with Gasteiger partial charge in [0.25, 0.3) is 0 Å². The van der Waals surface area contributed by atoms with Gasteiger partial charge in [-0.2, -0.15) is 0 Å². The van der Waals surface area contributed by atoms with E-state index >= 15 is 0 Å². The lowest BCUT2D eigenvalue weighted by Gasteiger charge is -1.93. The first-order chi connectivity index (χ1) is 7.45. The molecule has 2 rings (SSSR count). The van der Waals surface area contributed by atoms with Gasteiger partial charge in [-0.25, -0.2) is 0 Å². The molecule has 1 aromatic carbocycles. The zero-order chi connectivity index (χ0) is 10.3. The lowest BCUT2D eigenvalue weighted by molar-refractivity contribution is 0.995. The van der Waals surface area contributed by atoms with Crippen LogP contribution in [0.15, 0.2) is 53.7 Å². The first-order valence-corrected chi connectivity index (χ1v) is 4.81. The van der Waals surface area contributed by atoms with E-state index in [4.69, 9.17) is 0 Å². The van der Waals surface area contributed by atoms with Crippen LogP contribution in [0.1, 0.15) is 11.3 Å². The normalized spacial score (nSPS) is 10.7. The van der Waals surface area contributed by atoms with Gasteiger partial charge in [-0.15, -0.1) is 0 Å². The second-order valence-corrected chi connectivity index (χ2v) is 3.11. The third kappa shape index (κ3) is 3.02. The number of hydrogen-bond donors (Lipinski definition) is 0.